The molecule has 3 rings (SSSR count). The first-order valence-electron chi connectivity index (χ1n) is 4.64. The molecule has 16 heavy (non-hydrogen) atoms. The minimum atomic E-state index is 0.551. The number of nitrogen functional groups attached to an aromatic ring is 1. The van der Waals surface area contributed by atoms with Gasteiger partial charge in [0.25, 0.3) is 5.22 Å². The van der Waals surface area contributed by atoms with E-state index in [1.807, 2.05) is 6.07 Å². The molecule has 3 aromatic rings. The number of nitrogens with two attached hydrogens (primary N) is 1. The van der Waals surface area contributed by atoms with Gasteiger partial charge in [-0.2, -0.15) is 0 Å². The van der Waals surface area contributed by atoms with E-state index in [0.29, 0.717) is 10.9 Å². The van der Waals surface area contributed by atoms with Gasteiger partial charge in [0, 0.05) is 29.8 Å². The van der Waals surface area contributed by atoms with E-state index in [9.17, 15) is 0 Å². The highest BCUT2D eigenvalue weighted by molar-refractivity contribution is 7.98. The average molecular weight is 232 g/mol. The molecule has 3 N–H and O–H groups in total. The van der Waals surface area contributed by atoms with Crippen molar-refractivity contribution in [3.63, 3.8) is 0 Å². The van der Waals surface area contributed by atoms with Crippen molar-refractivity contribution in [3.05, 3.63) is 30.6 Å². The summed E-state index contributed by atoms with van der Waals surface area (Å²) in [5.41, 5.74) is 7.82. The molecule has 0 saturated heterocycles. The molecular formula is C10H8N4OS. The van der Waals surface area contributed by atoms with Crippen molar-refractivity contribution < 1.29 is 4.42 Å². The quantitative estimate of drug-likeness (QED) is 0.662. The highest BCUT2D eigenvalue weighted by Gasteiger charge is 2.08. The Balaban J connectivity index is 1.99. The number of anilines is 1. The van der Waals surface area contributed by atoms with Crippen LogP contribution >= 0.6 is 11.8 Å². The molecule has 2 heterocycles. The van der Waals surface area contributed by atoms with Crippen LogP contribution in [0.5, 0.6) is 0 Å². The Bertz CT molecular complexity index is 617. The molecule has 0 spiro atoms. The number of hydrogen-bond acceptors (Lipinski definition) is 5. The van der Waals surface area contributed by atoms with Gasteiger partial charge in [0.05, 0.1) is 0 Å². The molecule has 0 bridgehead atoms. The minimum Gasteiger partial charge on any atom is -0.431 e. The first-order valence-corrected chi connectivity index (χ1v) is 5.46. The van der Waals surface area contributed by atoms with Crippen molar-refractivity contribution >= 4 is 28.5 Å². The van der Waals surface area contributed by atoms with Crippen LogP contribution in [0.25, 0.3) is 11.1 Å². The summed E-state index contributed by atoms with van der Waals surface area (Å²) in [5, 5.41) is 1.30. The Morgan fingerprint density at radius 2 is 2.31 bits per heavy atom. The summed E-state index contributed by atoms with van der Waals surface area (Å²) in [5.74, 6) is 0. The molecular weight excluding hydrogens is 224 g/mol. The number of nitrogens with one attached hydrogen (secondary N) is 1. The van der Waals surface area contributed by atoms with Crippen LogP contribution in [0, 0.1) is 0 Å². The zero-order chi connectivity index (χ0) is 11.0. The number of H-pyrrole nitrogens is 1. The second kappa shape index (κ2) is 3.57. The summed E-state index contributed by atoms with van der Waals surface area (Å²) in [6.07, 6.45) is 3.44. The van der Waals surface area contributed by atoms with Crippen molar-refractivity contribution in [2.45, 2.75) is 10.4 Å². The number of imidazole rings is 1. The molecule has 1 aromatic carbocycles. The van der Waals surface area contributed by atoms with Crippen LogP contribution in [-0.2, 0) is 0 Å². The van der Waals surface area contributed by atoms with Crippen LogP contribution < -0.4 is 5.73 Å². The van der Waals surface area contributed by atoms with Crippen molar-refractivity contribution in [3.8, 4) is 0 Å². The van der Waals surface area contributed by atoms with E-state index in [4.69, 9.17) is 10.2 Å². The number of rotatable bonds is 2. The molecule has 0 amide bonds. The second-order valence-corrected chi connectivity index (χ2v) is 4.14. The number of aromatic nitrogens is 3. The molecule has 6 heteroatoms. The molecule has 0 aliphatic carbocycles. The van der Waals surface area contributed by atoms with Crippen molar-refractivity contribution in [1.29, 1.82) is 0 Å². The summed E-state index contributed by atoms with van der Waals surface area (Å²) >= 11 is 1.34. The highest BCUT2D eigenvalue weighted by atomic mass is 32.2. The maximum Gasteiger partial charge on any atom is 0.264 e. The van der Waals surface area contributed by atoms with Gasteiger partial charge >= 0.3 is 0 Å². The lowest BCUT2D eigenvalue weighted by atomic mass is 10.3. The maximum atomic E-state index is 5.66. The summed E-state index contributed by atoms with van der Waals surface area (Å²) in [6, 6.07) is 5.38. The number of hydrogen-bond donors (Lipinski definition) is 2. The summed E-state index contributed by atoms with van der Waals surface area (Å²) in [6.45, 7) is 0. The lowest BCUT2D eigenvalue weighted by molar-refractivity contribution is 0.489. The van der Waals surface area contributed by atoms with Gasteiger partial charge in [0.15, 0.2) is 10.7 Å². The van der Waals surface area contributed by atoms with Gasteiger partial charge in [-0.25, -0.2) is 9.97 Å². The normalized spacial score (nSPS) is 11.0. The van der Waals surface area contributed by atoms with E-state index in [-0.39, 0.29) is 0 Å². The molecule has 0 atom stereocenters. The van der Waals surface area contributed by atoms with Crippen LogP contribution in [-0.4, -0.2) is 15.0 Å². The van der Waals surface area contributed by atoms with E-state index >= 15 is 0 Å². The Kier molecular flexibility index (Phi) is 2.07. The van der Waals surface area contributed by atoms with E-state index in [2.05, 4.69) is 15.0 Å². The van der Waals surface area contributed by atoms with Crippen molar-refractivity contribution in [2.24, 2.45) is 0 Å². The first kappa shape index (κ1) is 9.29. The standard InChI is InChI=1S/C10H8N4OS/c11-6-1-2-8-7(5-6)14-10(15-8)16-9-12-3-4-13-9/h1-5H,11H2,(H,12,13). The summed E-state index contributed by atoms with van der Waals surface area (Å²) in [7, 11) is 0. The molecule has 0 aliphatic rings. The number of aromatic amines is 1. The van der Waals surface area contributed by atoms with Crippen molar-refractivity contribution in [2.75, 3.05) is 5.73 Å². The van der Waals surface area contributed by atoms with E-state index in [1.165, 1.54) is 11.8 Å². The van der Waals surface area contributed by atoms with E-state index in [0.717, 1.165) is 16.3 Å². The third-order valence-electron chi connectivity index (χ3n) is 2.05. The van der Waals surface area contributed by atoms with Crippen LogP contribution in [0.3, 0.4) is 0 Å². The molecule has 0 radical (unpaired) electrons. The van der Waals surface area contributed by atoms with Crippen molar-refractivity contribution in [1.82, 2.24) is 15.0 Å². The maximum absolute atomic E-state index is 5.66. The number of oxazole rings is 1. The van der Waals surface area contributed by atoms with Gasteiger partial charge in [-0.3, -0.25) is 0 Å². The summed E-state index contributed by atoms with van der Waals surface area (Å²) in [4.78, 5) is 11.4. The van der Waals surface area contributed by atoms with E-state index in [1.54, 1.807) is 24.5 Å². The fourth-order valence-corrected chi connectivity index (χ4v) is 2.04. The second-order valence-electron chi connectivity index (χ2n) is 3.20. The third kappa shape index (κ3) is 1.63. The average Bonchev–Trinajstić information content (AvgIpc) is 2.86. The molecule has 5 nitrogen and oxygen atoms in total. The van der Waals surface area contributed by atoms with Gasteiger partial charge in [0.1, 0.15) is 5.52 Å². The molecule has 0 aliphatic heterocycles. The molecule has 80 valence electrons. The first-order chi connectivity index (χ1) is 7.81. The largest absolute Gasteiger partial charge is 0.431 e. The SMILES string of the molecule is Nc1ccc2oc(Sc3ncc[nH]3)nc2c1. The lowest BCUT2D eigenvalue weighted by Crippen LogP contribution is -1.82. The van der Waals surface area contributed by atoms with Crippen LogP contribution in [0.15, 0.2) is 45.4 Å². The Labute approximate surface area is 95.1 Å². The Morgan fingerprint density at radius 1 is 1.38 bits per heavy atom. The predicted molar refractivity (Wildman–Crippen MR) is 61.1 cm³/mol. The molecule has 0 fully saturated rings. The fraction of sp³-hybridized carbons (Fsp3) is 0. The van der Waals surface area contributed by atoms with Gasteiger partial charge in [-0.1, -0.05) is 0 Å². The Hall–Kier alpha value is -1.95. The van der Waals surface area contributed by atoms with Gasteiger partial charge < -0.3 is 15.1 Å². The Morgan fingerprint density at radius 3 is 3.12 bits per heavy atom. The minimum absolute atomic E-state index is 0.551. The van der Waals surface area contributed by atoms with Crippen LogP contribution in [0.2, 0.25) is 0 Å². The lowest BCUT2D eigenvalue weighted by Gasteiger charge is -1.88. The topological polar surface area (TPSA) is 80.7 Å². The van der Waals surface area contributed by atoms with Crippen LogP contribution in [0.4, 0.5) is 5.69 Å². The monoisotopic (exact) mass is 232 g/mol. The third-order valence-corrected chi connectivity index (χ3v) is 2.81. The van der Waals surface area contributed by atoms with Crippen LogP contribution in [0.1, 0.15) is 0 Å². The van der Waals surface area contributed by atoms with Gasteiger partial charge in [-0.05, 0) is 18.2 Å². The predicted octanol–water partition coefficient (Wildman–Crippen LogP) is 2.28. The number of fused-ring (bicyclic) bond motifs is 1. The van der Waals surface area contributed by atoms with Gasteiger partial charge in [0.2, 0.25) is 0 Å². The highest BCUT2D eigenvalue weighted by Crippen LogP contribution is 2.28. The number of nitrogens with zero attached hydrogens (tertiary/aromatic N) is 2. The molecule has 2 aromatic heterocycles. The zero-order valence-corrected chi connectivity index (χ0v) is 8.99. The summed E-state index contributed by atoms with van der Waals surface area (Å²) < 4.78 is 5.53. The van der Waals surface area contributed by atoms with Gasteiger partial charge in [-0.15, -0.1) is 0 Å². The van der Waals surface area contributed by atoms with E-state index < -0.39 is 0 Å². The molecule has 0 saturated carbocycles. The zero-order valence-electron chi connectivity index (χ0n) is 8.18. The smallest absolute Gasteiger partial charge is 0.264 e. The number of benzene rings is 1. The molecule has 0 unspecified atom stereocenters. The fourth-order valence-electron chi connectivity index (χ4n) is 1.36.